The monoisotopic (exact) mass is 314 g/mol. The van der Waals surface area contributed by atoms with E-state index in [9.17, 15) is 8.78 Å². The van der Waals surface area contributed by atoms with E-state index in [1.807, 2.05) is 0 Å². The number of aliphatic hydroxyl groups excluding tert-OH is 1. The summed E-state index contributed by atoms with van der Waals surface area (Å²) in [6, 6.07) is 8.30. The highest BCUT2D eigenvalue weighted by molar-refractivity contribution is 9.10. The molecule has 2 aromatic carbocycles. The predicted octanol–water partition coefficient (Wildman–Crippen LogP) is 4.01. The van der Waals surface area contributed by atoms with Crippen LogP contribution in [0, 0.1) is 11.6 Å². The van der Waals surface area contributed by atoms with Gasteiger partial charge in [-0.15, -0.1) is 0 Å². The molecule has 2 aromatic rings. The van der Waals surface area contributed by atoms with E-state index in [-0.39, 0.29) is 17.1 Å². The van der Waals surface area contributed by atoms with Crippen molar-refractivity contribution in [3.05, 3.63) is 58.1 Å². The van der Waals surface area contributed by atoms with Gasteiger partial charge in [0.05, 0.1) is 12.2 Å². The first kappa shape index (κ1) is 13.0. The molecule has 0 saturated carbocycles. The summed E-state index contributed by atoms with van der Waals surface area (Å²) >= 11 is 3.19. The molecule has 0 spiro atoms. The van der Waals surface area contributed by atoms with Crippen LogP contribution in [0.5, 0.6) is 11.5 Å². The van der Waals surface area contributed by atoms with E-state index in [2.05, 4.69) is 15.9 Å². The maximum atomic E-state index is 13.5. The highest BCUT2D eigenvalue weighted by Crippen LogP contribution is 2.30. The molecular formula is C13H9BrF2O2. The summed E-state index contributed by atoms with van der Waals surface area (Å²) < 4.78 is 32.8. The third-order valence-electron chi connectivity index (χ3n) is 2.35. The van der Waals surface area contributed by atoms with Crippen molar-refractivity contribution in [2.24, 2.45) is 0 Å². The molecule has 0 bridgehead atoms. The van der Waals surface area contributed by atoms with Crippen molar-refractivity contribution < 1.29 is 18.6 Å². The van der Waals surface area contributed by atoms with Crippen LogP contribution in [0.1, 0.15) is 5.56 Å². The standard InChI is InChI=1S/C13H9BrF2O2/c14-8-4-5-11(16)13(6-8)18-12-3-1-2-10(15)9(12)7-17/h1-6,17H,7H2. The summed E-state index contributed by atoms with van der Waals surface area (Å²) in [4.78, 5) is 0. The van der Waals surface area contributed by atoms with Crippen LogP contribution in [0.25, 0.3) is 0 Å². The molecule has 5 heteroatoms. The predicted molar refractivity (Wildman–Crippen MR) is 66.5 cm³/mol. The molecule has 0 heterocycles. The van der Waals surface area contributed by atoms with Crippen LogP contribution in [0.4, 0.5) is 8.78 Å². The van der Waals surface area contributed by atoms with Crippen molar-refractivity contribution in [1.82, 2.24) is 0 Å². The Morgan fingerprint density at radius 3 is 2.56 bits per heavy atom. The smallest absolute Gasteiger partial charge is 0.165 e. The second-order valence-electron chi connectivity index (χ2n) is 3.55. The maximum Gasteiger partial charge on any atom is 0.165 e. The highest BCUT2D eigenvalue weighted by Gasteiger charge is 2.12. The lowest BCUT2D eigenvalue weighted by Gasteiger charge is -2.11. The van der Waals surface area contributed by atoms with Crippen molar-refractivity contribution in [2.45, 2.75) is 6.61 Å². The fourth-order valence-corrected chi connectivity index (χ4v) is 1.80. The molecule has 2 nitrogen and oxygen atoms in total. The molecule has 0 fully saturated rings. The van der Waals surface area contributed by atoms with Crippen LogP contribution < -0.4 is 4.74 Å². The van der Waals surface area contributed by atoms with Crippen molar-refractivity contribution in [2.75, 3.05) is 0 Å². The molecule has 0 radical (unpaired) electrons. The Morgan fingerprint density at radius 1 is 1.06 bits per heavy atom. The molecular weight excluding hydrogens is 306 g/mol. The Labute approximate surface area is 111 Å². The number of aliphatic hydroxyl groups is 1. The number of halogens is 3. The lowest BCUT2D eigenvalue weighted by atomic mass is 10.2. The van der Waals surface area contributed by atoms with E-state index in [0.29, 0.717) is 4.47 Å². The number of hydrogen-bond donors (Lipinski definition) is 1. The topological polar surface area (TPSA) is 29.5 Å². The molecule has 0 atom stereocenters. The number of rotatable bonds is 3. The van der Waals surface area contributed by atoms with Crippen LogP contribution in [-0.2, 0) is 6.61 Å². The summed E-state index contributed by atoms with van der Waals surface area (Å²) in [5, 5.41) is 9.08. The zero-order valence-corrected chi connectivity index (χ0v) is 10.7. The highest BCUT2D eigenvalue weighted by atomic mass is 79.9. The zero-order chi connectivity index (χ0) is 13.1. The van der Waals surface area contributed by atoms with Gasteiger partial charge in [-0.25, -0.2) is 8.78 Å². The van der Waals surface area contributed by atoms with Gasteiger partial charge in [0.1, 0.15) is 11.6 Å². The number of ether oxygens (including phenoxy) is 1. The van der Waals surface area contributed by atoms with Gasteiger partial charge in [0, 0.05) is 4.47 Å². The van der Waals surface area contributed by atoms with E-state index >= 15 is 0 Å². The van der Waals surface area contributed by atoms with Gasteiger partial charge < -0.3 is 9.84 Å². The summed E-state index contributed by atoms with van der Waals surface area (Å²) in [6.07, 6.45) is 0. The summed E-state index contributed by atoms with van der Waals surface area (Å²) in [7, 11) is 0. The first-order valence-corrected chi connectivity index (χ1v) is 5.92. The van der Waals surface area contributed by atoms with Gasteiger partial charge in [-0.05, 0) is 30.3 Å². The van der Waals surface area contributed by atoms with E-state index in [4.69, 9.17) is 9.84 Å². The minimum absolute atomic E-state index is 0.00289. The summed E-state index contributed by atoms with van der Waals surface area (Å²) in [6.45, 7) is -0.516. The molecule has 0 aromatic heterocycles. The van der Waals surface area contributed by atoms with Crippen molar-refractivity contribution in [1.29, 1.82) is 0 Å². The lowest BCUT2D eigenvalue weighted by Crippen LogP contribution is -1.96. The van der Waals surface area contributed by atoms with E-state index in [0.717, 1.165) is 0 Å². The van der Waals surface area contributed by atoms with Crippen molar-refractivity contribution >= 4 is 15.9 Å². The quantitative estimate of drug-likeness (QED) is 0.927. The van der Waals surface area contributed by atoms with Gasteiger partial charge in [0.2, 0.25) is 0 Å². The SMILES string of the molecule is OCc1c(F)cccc1Oc1cc(Br)ccc1F. The first-order valence-electron chi connectivity index (χ1n) is 5.13. The van der Waals surface area contributed by atoms with Crippen LogP contribution in [0.15, 0.2) is 40.9 Å². The molecule has 0 amide bonds. The molecule has 94 valence electrons. The Balaban J connectivity index is 2.40. The third kappa shape index (κ3) is 2.68. The van der Waals surface area contributed by atoms with Crippen LogP contribution in [0.3, 0.4) is 0 Å². The average molecular weight is 315 g/mol. The second kappa shape index (κ2) is 5.46. The Bertz CT molecular complexity index is 573. The fourth-order valence-electron chi connectivity index (χ4n) is 1.46. The molecule has 2 rings (SSSR count). The Morgan fingerprint density at radius 2 is 1.83 bits per heavy atom. The van der Waals surface area contributed by atoms with Gasteiger partial charge in [-0.1, -0.05) is 22.0 Å². The fraction of sp³-hybridized carbons (Fsp3) is 0.0769. The summed E-state index contributed by atoms with van der Waals surface area (Å²) in [5.74, 6) is -1.10. The van der Waals surface area contributed by atoms with Crippen LogP contribution >= 0.6 is 15.9 Å². The van der Waals surface area contributed by atoms with Crippen LogP contribution in [0.2, 0.25) is 0 Å². The normalized spacial score (nSPS) is 10.4. The van der Waals surface area contributed by atoms with Gasteiger partial charge in [-0.2, -0.15) is 0 Å². The zero-order valence-electron chi connectivity index (χ0n) is 9.16. The minimum atomic E-state index is -0.592. The Hall–Kier alpha value is -1.46. The van der Waals surface area contributed by atoms with Crippen molar-refractivity contribution in [3.8, 4) is 11.5 Å². The largest absolute Gasteiger partial charge is 0.454 e. The van der Waals surface area contributed by atoms with Crippen molar-refractivity contribution in [3.63, 3.8) is 0 Å². The van der Waals surface area contributed by atoms with Gasteiger partial charge >= 0.3 is 0 Å². The molecule has 0 aliphatic heterocycles. The Kier molecular flexibility index (Phi) is 3.93. The number of benzene rings is 2. The molecule has 0 unspecified atom stereocenters. The van der Waals surface area contributed by atoms with E-state index in [1.54, 1.807) is 0 Å². The average Bonchev–Trinajstić information content (AvgIpc) is 2.34. The summed E-state index contributed by atoms with van der Waals surface area (Å²) in [5.41, 5.74) is -0.00289. The molecule has 18 heavy (non-hydrogen) atoms. The van der Waals surface area contributed by atoms with Gasteiger partial charge in [-0.3, -0.25) is 0 Å². The number of hydrogen-bond acceptors (Lipinski definition) is 2. The molecule has 0 saturated heterocycles. The minimum Gasteiger partial charge on any atom is -0.454 e. The molecule has 0 aliphatic carbocycles. The molecule has 0 aliphatic rings. The third-order valence-corrected chi connectivity index (χ3v) is 2.84. The van der Waals surface area contributed by atoms with Crippen LogP contribution in [-0.4, -0.2) is 5.11 Å². The second-order valence-corrected chi connectivity index (χ2v) is 4.47. The molecule has 1 N–H and O–H groups in total. The lowest BCUT2D eigenvalue weighted by molar-refractivity contribution is 0.269. The van der Waals surface area contributed by atoms with Gasteiger partial charge in [0.15, 0.2) is 11.6 Å². The maximum absolute atomic E-state index is 13.5. The van der Waals surface area contributed by atoms with E-state index in [1.165, 1.54) is 36.4 Å². The van der Waals surface area contributed by atoms with E-state index < -0.39 is 18.2 Å². The van der Waals surface area contributed by atoms with Gasteiger partial charge in [0.25, 0.3) is 0 Å². The first-order chi connectivity index (χ1) is 8.61.